The molecular weight excluding hydrogens is 470 g/mol. The van der Waals surface area contributed by atoms with Crippen LogP contribution in [0.3, 0.4) is 0 Å². The van der Waals surface area contributed by atoms with Crippen LogP contribution in [0.15, 0.2) is 55.6 Å². The number of hydrogen-bond acceptors (Lipinski definition) is 9. The summed E-state index contributed by atoms with van der Waals surface area (Å²) in [4.78, 5) is 38.3. The van der Waals surface area contributed by atoms with E-state index in [4.69, 9.17) is 23.7 Å². The van der Waals surface area contributed by atoms with E-state index in [0.29, 0.717) is 18.5 Å². The summed E-state index contributed by atoms with van der Waals surface area (Å²) in [6.45, 7) is 9.96. The molecule has 1 aromatic rings. The van der Waals surface area contributed by atoms with Gasteiger partial charge in [0.05, 0.1) is 18.4 Å². The van der Waals surface area contributed by atoms with E-state index >= 15 is 0 Å². The van der Waals surface area contributed by atoms with Crippen molar-refractivity contribution in [2.75, 3.05) is 19.0 Å². The van der Waals surface area contributed by atoms with Gasteiger partial charge in [-0.05, 0) is 25.0 Å². The Morgan fingerprint density at radius 1 is 0.972 bits per heavy atom. The van der Waals surface area contributed by atoms with E-state index in [9.17, 15) is 19.5 Å². The minimum absolute atomic E-state index is 0.333. The lowest BCUT2D eigenvalue weighted by Gasteiger charge is -2.44. The van der Waals surface area contributed by atoms with Crippen LogP contribution in [-0.4, -0.2) is 67.6 Å². The Balaban J connectivity index is 2.38. The number of aliphatic hydroxyl groups is 1. The Morgan fingerprint density at radius 3 is 2.03 bits per heavy atom. The topological polar surface area (TPSA) is 130 Å². The largest absolute Gasteiger partial charge is 0.454 e. The molecule has 1 aliphatic rings. The second kappa shape index (κ2) is 14.4. The maximum atomic E-state index is 12.9. The maximum Gasteiger partial charge on any atom is 0.412 e. The summed E-state index contributed by atoms with van der Waals surface area (Å²) in [5.41, 5.74) is 0.462. The van der Waals surface area contributed by atoms with Crippen molar-refractivity contribution >= 4 is 23.7 Å². The number of para-hydroxylation sites is 1. The van der Waals surface area contributed by atoms with Gasteiger partial charge in [0, 0.05) is 12.8 Å². The highest BCUT2D eigenvalue weighted by atomic mass is 16.7. The first-order valence-electron chi connectivity index (χ1n) is 11.7. The van der Waals surface area contributed by atoms with Crippen LogP contribution in [0, 0.1) is 11.8 Å². The average Bonchev–Trinajstić information content (AvgIpc) is 2.86. The molecule has 2 rings (SSSR count). The van der Waals surface area contributed by atoms with Crippen LogP contribution in [-0.2, 0) is 33.3 Å². The van der Waals surface area contributed by atoms with Crippen LogP contribution in [0.25, 0.3) is 0 Å². The predicted molar refractivity (Wildman–Crippen MR) is 131 cm³/mol. The zero-order valence-corrected chi connectivity index (χ0v) is 20.8. The van der Waals surface area contributed by atoms with Crippen molar-refractivity contribution in [1.29, 1.82) is 0 Å². The fraction of sp³-hybridized carbons (Fsp3) is 0.500. The fourth-order valence-corrected chi connectivity index (χ4v) is 3.60. The smallest absolute Gasteiger partial charge is 0.412 e. The highest BCUT2D eigenvalue weighted by Crippen LogP contribution is 2.30. The first kappa shape index (κ1) is 29.0. The van der Waals surface area contributed by atoms with Gasteiger partial charge in [0.15, 0.2) is 24.6 Å². The van der Waals surface area contributed by atoms with Crippen LogP contribution >= 0.6 is 0 Å². The Hall–Kier alpha value is -3.21. The lowest BCUT2D eigenvalue weighted by molar-refractivity contribution is -0.300. The summed E-state index contributed by atoms with van der Waals surface area (Å²) in [5.74, 6) is -2.37. The number of allylic oxidation sites excluding steroid dienone is 2. The van der Waals surface area contributed by atoms with Gasteiger partial charge in [0.1, 0.15) is 6.10 Å². The van der Waals surface area contributed by atoms with Crippen molar-refractivity contribution < 1.29 is 43.2 Å². The molecule has 0 spiro atoms. The van der Waals surface area contributed by atoms with E-state index in [2.05, 4.69) is 18.5 Å². The summed E-state index contributed by atoms with van der Waals surface area (Å²) < 4.78 is 28.0. The third-order valence-corrected chi connectivity index (χ3v) is 5.62. The first-order valence-corrected chi connectivity index (χ1v) is 11.7. The van der Waals surface area contributed by atoms with Gasteiger partial charge < -0.3 is 28.8 Å². The number of ether oxygens (including phenoxy) is 5. The quantitative estimate of drug-likeness (QED) is 0.250. The van der Waals surface area contributed by atoms with Crippen molar-refractivity contribution in [3.05, 3.63) is 55.6 Å². The van der Waals surface area contributed by atoms with Gasteiger partial charge in [0.2, 0.25) is 0 Å². The van der Waals surface area contributed by atoms with Crippen molar-refractivity contribution in [3.63, 3.8) is 0 Å². The predicted octanol–water partition coefficient (Wildman–Crippen LogP) is 3.22. The van der Waals surface area contributed by atoms with Crippen LogP contribution in [0.5, 0.6) is 0 Å². The number of carbonyl (C=O) groups is 3. The highest BCUT2D eigenvalue weighted by molar-refractivity contribution is 5.84. The third kappa shape index (κ3) is 7.91. The number of anilines is 1. The van der Waals surface area contributed by atoms with E-state index in [1.807, 2.05) is 0 Å². The average molecular weight is 506 g/mol. The maximum absolute atomic E-state index is 12.9. The van der Waals surface area contributed by atoms with Gasteiger partial charge in [-0.3, -0.25) is 14.9 Å². The monoisotopic (exact) mass is 505 g/mol. The van der Waals surface area contributed by atoms with Gasteiger partial charge in [0.25, 0.3) is 0 Å². The second-order valence-electron chi connectivity index (χ2n) is 8.48. The van der Waals surface area contributed by atoms with Gasteiger partial charge in [-0.2, -0.15) is 0 Å². The number of hydrogen-bond donors (Lipinski definition) is 2. The molecule has 1 heterocycles. The molecule has 7 atom stereocenters. The lowest BCUT2D eigenvalue weighted by atomic mass is 9.97. The Kier molecular flexibility index (Phi) is 11.6. The number of nitrogens with one attached hydrogen (secondary N) is 1. The molecule has 0 bridgehead atoms. The molecule has 1 amide bonds. The van der Waals surface area contributed by atoms with E-state index < -0.39 is 67.2 Å². The zero-order chi connectivity index (χ0) is 26.7. The number of esters is 2. The molecule has 36 heavy (non-hydrogen) atoms. The van der Waals surface area contributed by atoms with E-state index in [1.165, 1.54) is 7.11 Å². The minimum Gasteiger partial charge on any atom is -0.454 e. The summed E-state index contributed by atoms with van der Waals surface area (Å²) in [7, 11) is 1.32. The molecule has 10 heteroatoms. The first-order chi connectivity index (χ1) is 17.2. The molecule has 1 fully saturated rings. The molecule has 0 unspecified atom stereocenters. The zero-order valence-electron chi connectivity index (χ0n) is 20.8. The molecule has 2 N–H and O–H groups in total. The highest BCUT2D eigenvalue weighted by Gasteiger charge is 2.53. The normalized spacial score (nSPS) is 25.1. The Labute approximate surface area is 211 Å². The van der Waals surface area contributed by atoms with Crippen molar-refractivity contribution in [1.82, 2.24) is 0 Å². The molecule has 0 radical (unpaired) electrons. The van der Waals surface area contributed by atoms with Gasteiger partial charge in [-0.15, -0.1) is 13.2 Å². The molecule has 0 aromatic heterocycles. The SMILES string of the molecule is C=CC[C@H](C)C(=O)O[C@@H]1[C@@H](OC(=O)[C@@H](C)CC=C)[C@@H](OC)O[C@H](CO)[C@H]1OC(=O)Nc1ccccc1. The Bertz CT molecular complexity index is 891. The summed E-state index contributed by atoms with van der Waals surface area (Å²) >= 11 is 0. The molecule has 10 nitrogen and oxygen atoms in total. The molecule has 0 aliphatic carbocycles. The van der Waals surface area contributed by atoms with E-state index in [0.717, 1.165) is 0 Å². The van der Waals surface area contributed by atoms with Crippen LogP contribution in [0.2, 0.25) is 0 Å². The number of carbonyl (C=O) groups excluding carboxylic acids is 3. The standard InChI is InChI=1S/C26H35NO9/c1-6-11-16(3)23(29)34-21-20(36-26(31)27-18-13-9-8-10-14-18)19(15-28)33-25(32-5)22(21)35-24(30)17(4)12-7-2/h6-10,13-14,16-17,19-22,25,28H,1-2,11-12,15H2,3-5H3,(H,27,31)/t16-,17-,19+,20+,21-,22+,25-/m0/s1. The molecule has 1 aromatic carbocycles. The number of amides is 1. The minimum atomic E-state index is -1.33. The fourth-order valence-electron chi connectivity index (χ4n) is 3.60. The van der Waals surface area contributed by atoms with Crippen LogP contribution in [0.4, 0.5) is 10.5 Å². The number of rotatable bonds is 12. The molecule has 198 valence electrons. The van der Waals surface area contributed by atoms with Gasteiger partial charge >= 0.3 is 18.0 Å². The van der Waals surface area contributed by atoms with Crippen LogP contribution < -0.4 is 5.32 Å². The molecule has 1 aliphatic heterocycles. The summed E-state index contributed by atoms with van der Waals surface area (Å²) in [6.07, 6.45) is -3.33. The molecule has 1 saturated heterocycles. The van der Waals surface area contributed by atoms with Crippen molar-refractivity contribution in [2.45, 2.75) is 57.4 Å². The van der Waals surface area contributed by atoms with E-state index in [1.54, 1.807) is 56.3 Å². The number of methoxy groups -OCH3 is 1. The summed E-state index contributed by atoms with van der Waals surface area (Å²) in [6, 6.07) is 8.55. The van der Waals surface area contributed by atoms with Gasteiger partial charge in [-0.1, -0.05) is 44.2 Å². The Morgan fingerprint density at radius 2 is 1.53 bits per heavy atom. The lowest BCUT2D eigenvalue weighted by Crippen LogP contribution is -2.63. The third-order valence-electron chi connectivity index (χ3n) is 5.62. The molecular formula is C26H35NO9. The molecule has 0 saturated carbocycles. The van der Waals surface area contributed by atoms with E-state index in [-0.39, 0.29) is 0 Å². The second-order valence-corrected chi connectivity index (χ2v) is 8.48. The van der Waals surface area contributed by atoms with Crippen molar-refractivity contribution in [2.24, 2.45) is 11.8 Å². The number of aliphatic hydroxyl groups excluding tert-OH is 1. The summed E-state index contributed by atoms with van der Waals surface area (Å²) in [5, 5.41) is 12.5. The van der Waals surface area contributed by atoms with Crippen LogP contribution in [0.1, 0.15) is 26.7 Å². The van der Waals surface area contributed by atoms with Crippen molar-refractivity contribution in [3.8, 4) is 0 Å². The van der Waals surface area contributed by atoms with Gasteiger partial charge in [-0.25, -0.2) is 4.79 Å². The number of benzene rings is 1.